The molecule has 1 saturated heterocycles. The van der Waals surface area contributed by atoms with Crippen LogP contribution in [0, 0.1) is 0 Å². The monoisotopic (exact) mass is 647 g/mol. The first-order valence-electron chi connectivity index (χ1n) is 13.7. The number of thiophene rings is 1. The maximum atomic E-state index is 13.2. The van der Waals surface area contributed by atoms with E-state index in [1.807, 2.05) is 37.8 Å². The molecular formula is C29H38BrN5O5S. The highest BCUT2D eigenvalue weighted by molar-refractivity contribution is 9.10. The SMILES string of the molecule is CC(Nc1ncnc2c(Br)c(C(=O)N3CCOCC3)sc12)c1cccc(COCCCN(C)C(=O)OC(C)(C)C)c1. The van der Waals surface area contributed by atoms with Crippen LogP contribution in [0.3, 0.4) is 0 Å². The lowest BCUT2D eigenvalue weighted by molar-refractivity contribution is 0.0275. The van der Waals surface area contributed by atoms with Crippen LogP contribution < -0.4 is 5.32 Å². The van der Waals surface area contributed by atoms with E-state index in [9.17, 15) is 9.59 Å². The zero-order chi connectivity index (χ0) is 29.6. The van der Waals surface area contributed by atoms with Gasteiger partial charge >= 0.3 is 6.09 Å². The van der Waals surface area contributed by atoms with E-state index in [1.54, 1.807) is 11.9 Å². The van der Waals surface area contributed by atoms with E-state index in [1.165, 1.54) is 17.7 Å². The number of amides is 2. The number of aromatic nitrogens is 2. The molecule has 2 amide bonds. The van der Waals surface area contributed by atoms with Crippen LogP contribution in [0.4, 0.5) is 10.6 Å². The fourth-order valence-corrected chi connectivity index (χ4v) is 6.21. The Labute approximate surface area is 253 Å². The molecule has 10 nitrogen and oxygen atoms in total. The Hall–Kier alpha value is -2.80. The van der Waals surface area contributed by atoms with Crippen molar-refractivity contribution in [2.24, 2.45) is 0 Å². The molecule has 0 saturated carbocycles. The minimum absolute atomic E-state index is 0.0219. The largest absolute Gasteiger partial charge is 0.444 e. The maximum absolute atomic E-state index is 13.2. The number of halogens is 1. The van der Waals surface area contributed by atoms with E-state index in [4.69, 9.17) is 14.2 Å². The zero-order valence-electron chi connectivity index (χ0n) is 24.2. The first-order chi connectivity index (χ1) is 19.5. The summed E-state index contributed by atoms with van der Waals surface area (Å²) in [5, 5.41) is 3.51. The second-order valence-electron chi connectivity index (χ2n) is 11.0. The van der Waals surface area contributed by atoms with Crippen molar-refractivity contribution >= 4 is 55.3 Å². The predicted molar refractivity (Wildman–Crippen MR) is 163 cm³/mol. The van der Waals surface area contributed by atoms with Crippen molar-refractivity contribution in [1.82, 2.24) is 19.8 Å². The summed E-state index contributed by atoms with van der Waals surface area (Å²) in [6.45, 7) is 11.5. The van der Waals surface area contributed by atoms with E-state index >= 15 is 0 Å². The lowest BCUT2D eigenvalue weighted by Gasteiger charge is -2.26. The molecule has 1 aliphatic heterocycles. The van der Waals surface area contributed by atoms with Gasteiger partial charge in [-0.2, -0.15) is 0 Å². The fourth-order valence-electron chi connectivity index (χ4n) is 4.30. The maximum Gasteiger partial charge on any atom is 0.410 e. The predicted octanol–water partition coefficient (Wildman–Crippen LogP) is 5.87. The van der Waals surface area contributed by atoms with E-state index in [2.05, 4.69) is 50.3 Å². The molecule has 4 rings (SSSR count). The molecule has 2 aromatic heterocycles. The van der Waals surface area contributed by atoms with Crippen LogP contribution in [0.2, 0.25) is 0 Å². The molecule has 3 aromatic rings. The highest BCUT2D eigenvalue weighted by Gasteiger charge is 2.26. The van der Waals surface area contributed by atoms with E-state index in [0.717, 1.165) is 21.3 Å². The topological polar surface area (TPSA) is 106 Å². The second kappa shape index (κ2) is 13.9. The molecule has 0 bridgehead atoms. The van der Waals surface area contributed by atoms with Gasteiger partial charge in [0.15, 0.2) is 0 Å². The molecule has 1 fully saturated rings. The highest BCUT2D eigenvalue weighted by atomic mass is 79.9. The van der Waals surface area contributed by atoms with Crippen molar-refractivity contribution < 1.29 is 23.8 Å². The molecule has 1 aliphatic rings. The molecule has 1 N–H and O–H groups in total. The zero-order valence-corrected chi connectivity index (χ0v) is 26.6. The third-order valence-corrected chi connectivity index (χ3v) is 8.68. The number of carbonyl (C=O) groups is 2. The summed E-state index contributed by atoms with van der Waals surface area (Å²) in [6.07, 6.45) is 1.90. The minimum Gasteiger partial charge on any atom is -0.444 e. The summed E-state index contributed by atoms with van der Waals surface area (Å²) in [6, 6.07) is 8.17. The molecule has 12 heteroatoms. The number of rotatable bonds is 10. The number of nitrogens with one attached hydrogen (secondary N) is 1. The molecule has 41 heavy (non-hydrogen) atoms. The van der Waals surface area contributed by atoms with Crippen molar-refractivity contribution in [1.29, 1.82) is 0 Å². The first kappa shape index (κ1) is 31.1. The summed E-state index contributed by atoms with van der Waals surface area (Å²) in [5.74, 6) is 0.663. The van der Waals surface area contributed by atoms with Gasteiger partial charge in [0, 0.05) is 39.3 Å². The van der Waals surface area contributed by atoms with Crippen LogP contribution >= 0.6 is 27.3 Å². The van der Waals surface area contributed by atoms with Crippen molar-refractivity contribution in [2.45, 2.75) is 52.4 Å². The van der Waals surface area contributed by atoms with E-state index in [-0.39, 0.29) is 18.0 Å². The lowest BCUT2D eigenvalue weighted by Crippen LogP contribution is -2.40. The molecule has 1 atom stereocenters. The second-order valence-corrected chi connectivity index (χ2v) is 12.8. The lowest BCUT2D eigenvalue weighted by atomic mass is 10.1. The molecular weight excluding hydrogens is 610 g/mol. The van der Waals surface area contributed by atoms with Gasteiger partial charge in [-0.15, -0.1) is 11.3 Å². The summed E-state index contributed by atoms with van der Waals surface area (Å²) in [4.78, 5) is 38.2. The third kappa shape index (κ3) is 8.37. The molecule has 0 radical (unpaired) electrons. The number of morpholine rings is 1. The Morgan fingerprint density at radius 3 is 2.73 bits per heavy atom. The molecule has 222 valence electrons. The van der Waals surface area contributed by atoms with Gasteiger partial charge in [-0.25, -0.2) is 14.8 Å². The number of ether oxygens (including phenoxy) is 3. The molecule has 3 heterocycles. The van der Waals surface area contributed by atoms with Crippen LogP contribution in [-0.4, -0.2) is 83.9 Å². The summed E-state index contributed by atoms with van der Waals surface area (Å²) < 4.78 is 18.2. The van der Waals surface area contributed by atoms with Crippen LogP contribution in [-0.2, 0) is 20.8 Å². The van der Waals surface area contributed by atoms with Gasteiger partial charge in [0.25, 0.3) is 5.91 Å². The number of anilines is 1. The molecule has 1 unspecified atom stereocenters. The van der Waals surface area contributed by atoms with Gasteiger partial charge in [0.2, 0.25) is 0 Å². The third-order valence-electron chi connectivity index (χ3n) is 6.47. The number of nitrogens with zero attached hydrogens (tertiary/aromatic N) is 4. The Morgan fingerprint density at radius 2 is 2.00 bits per heavy atom. The minimum atomic E-state index is -0.510. The Kier molecular flexibility index (Phi) is 10.6. The Balaban J connectivity index is 1.34. The molecule has 1 aromatic carbocycles. The smallest absolute Gasteiger partial charge is 0.410 e. The van der Waals surface area contributed by atoms with Crippen molar-refractivity contribution in [3.8, 4) is 0 Å². The number of carbonyl (C=O) groups excluding carboxylic acids is 2. The van der Waals surface area contributed by atoms with Crippen LogP contribution in [0.1, 0.15) is 61.0 Å². The van der Waals surface area contributed by atoms with Crippen molar-refractivity contribution in [3.63, 3.8) is 0 Å². The number of hydrogen-bond donors (Lipinski definition) is 1. The fraction of sp³-hybridized carbons (Fsp3) is 0.517. The highest BCUT2D eigenvalue weighted by Crippen LogP contribution is 2.39. The van der Waals surface area contributed by atoms with E-state index < -0.39 is 5.60 Å². The average Bonchev–Trinajstić information content (AvgIpc) is 3.29. The summed E-state index contributed by atoms with van der Waals surface area (Å²) in [5.41, 5.74) is 2.35. The van der Waals surface area contributed by atoms with Gasteiger partial charge in [0.1, 0.15) is 28.1 Å². The van der Waals surface area contributed by atoms with Crippen LogP contribution in [0.5, 0.6) is 0 Å². The van der Waals surface area contributed by atoms with Crippen molar-refractivity contribution in [2.75, 3.05) is 51.8 Å². The Bertz CT molecular complexity index is 1360. The Morgan fingerprint density at radius 1 is 1.24 bits per heavy atom. The van der Waals surface area contributed by atoms with Crippen LogP contribution in [0.25, 0.3) is 10.2 Å². The normalized spacial score (nSPS) is 14.6. The summed E-state index contributed by atoms with van der Waals surface area (Å²) in [7, 11) is 1.73. The molecule has 0 spiro atoms. The van der Waals surface area contributed by atoms with Crippen LogP contribution in [0.15, 0.2) is 35.1 Å². The van der Waals surface area contributed by atoms with Gasteiger partial charge in [0.05, 0.1) is 29.0 Å². The molecule has 0 aliphatic carbocycles. The number of benzene rings is 1. The first-order valence-corrected chi connectivity index (χ1v) is 15.3. The number of fused-ring (bicyclic) bond motifs is 1. The average molecular weight is 649 g/mol. The quantitative estimate of drug-likeness (QED) is 0.272. The number of hydrogen-bond acceptors (Lipinski definition) is 9. The summed E-state index contributed by atoms with van der Waals surface area (Å²) >= 11 is 5.01. The van der Waals surface area contributed by atoms with E-state index in [0.29, 0.717) is 67.7 Å². The standard InChI is InChI=1S/C29H38BrN5O5S/c1-19(21-9-6-8-20(16-21)17-39-13-7-10-34(5)28(37)40-29(2,3)4)33-26-25-23(31-18-32-26)22(30)24(41-25)27(36)35-11-14-38-15-12-35/h6,8-9,16,18-19H,7,10-15,17H2,1-5H3,(H,31,32,33). The van der Waals surface area contributed by atoms with Gasteiger partial charge in [-0.05, 0) is 61.2 Å². The van der Waals surface area contributed by atoms with Gasteiger partial charge in [-0.3, -0.25) is 4.79 Å². The van der Waals surface area contributed by atoms with Gasteiger partial charge in [-0.1, -0.05) is 24.3 Å². The van der Waals surface area contributed by atoms with Crippen molar-refractivity contribution in [3.05, 3.63) is 51.1 Å². The van der Waals surface area contributed by atoms with Gasteiger partial charge < -0.3 is 29.3 Å².